The first-order valence-electron chi connectivity index (χ1n) is 13.3. The van der Waals surface area contributed by atoms with Gasteiger partial charge in [-0.1, -0.05) is 6.92 Å². The summed E-state index contributed by atoms with van der Waals surface area (Å²) in [5, 5.41) is 18.6. The number of carbonyl (C=O) groups is 2. The van der Waals surface area contributed by atoms with Gasteiger partial charge in [0, 0.05) is 12.0 Å². The summed E-state index contributed by atoms with van der Waals surface area (Å²) in [6.07, 6.45) is 7.35. The molecule has 0 radical (unpaired) electrons. The summed E-state index contributed by atoms with van der Waals surface area (Å²) in [5.74, 6) is 0.686. The lowest BCUT2D eigenvalue weighted by Gasteiger charge is -2.29. The molecule has 2 saturated carbocycles. The molecular formula is C27H35N5O5S. The molecule has 0 bridgehead atoms. The monoisotopic (exact) mass is 541 g/mol. The maximum absolute atomic E-state index is 13.2. The number of aryl methyl sites for hydroxylation is 1. The average molecular weight is 542 g/mol. The number of aliphatic hydroxyl groups is 1. The van der Waals surface area contributed by atoms with Gasteiger partial charge in [0.05, 0.1) is 33.6 Å². The first-order valence-corrected chi connectivity index (χ1v) is 14.1. The van der Waals surface area contributed by atoms with Gasteiger partial charge in [-0.25, -0.2) is 9.50 Å². The van der Waals surface area contributed by atoms with Crippen molar-refractivity contribution in [2.24, 2.45) is 5.73 Å². The standard InChI is InChI=1S/C27H35N5O5S/c1-4-21-31-26(23(38-21)24(28)33)37-17-9-7-16(8-10-17)30-25(34)18-13-29-32-19(18)11-12-20(22(32)15-5-6-15)36-14-27(2,3)35/h11-13,15-17,35H,4-10,14H2,1-3H3,(H2,28,33)(H,30,34)/t16-,17-. The molecule has 2 aliphatic rings. The SMILES string of the molecule is CCc1nc(O[C@H]2CC[C@H](NC(=O)c3cnn4c(C5CC5)c(OCC(C)(C)O)ccc34)CC2)c(C(N)=O)s1. The topological polar surface area (TPSA) is 141 Å². The van der Waals surface area contributed by atoms with E-state index < -0.39 is 11.5 Å². The van der Waals surface area contributed by atoms with Crippen molar-refractivity contribution in [3.8, 4) is 11.6 Å². The summed E-state index contributed by atoms with van der Waals surface area (Å²) in [7, 11) is 0. The van der Waals surface area contributed by atoms with Gasteiger partial charge in [0.15, 0.2) is 4.88 Å². The lowest BCUT2D eigenvalue weighted by atomic mass is 9.92. The van der Waals surface area contributed by atoms with E-state index in [-0.39, 0.29) is 24.7 Å². The largest absolute Gasteiger partial charge is 0.489 e. The van der Waals surface area contributed by atoms with Crippen molar-refractivity contribution in [2.75, 3.05) is 6.61 Å². The predicted molar refractivity (Wildman–Crippen MR) is 143 cm³/mol. The Kier molecular flexibility index (Phi) is 7.32. The van der Waals surface area contributed by atoms with E-state index in [0.717, 1.165) is 54.7 Å². The Morgan fingerprint density at radius 1 is 1.21 bits per heavy atom. The molecule has 0 unspecified atom stereocenters. The highest BCUT2D eigenvalue weighted by Gasteiger charge is 2.32. The van der Waals surface area contributed by atoms with Crippen LogP contribution in [-0.2, 0) is 6.42 Å². The van der Waals surface area contributed by atoms with Crippen molar-refractivity contribution < 1.29 is 24.2 Å². The second-order valence-corrected chi connectivity index (χ2v) is 11.9. The van der Waals surface area contributed by atoms with Crippen molar-refractivity contribution in [1.82, 2.24) is 19.9 Å². The fraction of sp³-hybridized carbons (Fsp3) is 0.556. The van der Waals surface area contributed by atoms with Crippen LogP contribution in [0.25, 0.3) is 5.52 Å². The molecule has 3 aromatic heterocycles. The van der Waals surface area contributed by atoms with Gasteiger partial charge in [0.25, 0.3) is 11.8 Å². The predicted octanol–water partition coefficient (Wildman–Crippen LogP) is 3.60. The Morgan fingerprint density at radius 2 is 1.95 bits per heavy atom. The zero-order valence-corrected chi connectivity index (χ0v) is 22.8. The van der Waals surface area contributed by atoms with Crippen LogP contribution >= 0.6 is 11.3 Å². The summed E-state index contributed by atoms with van der Waals surface area (Å²) < 4.78 is 13.8. The molecule has 4 N–H and O–H groups in total. The van der Waals surface area contributed by atoms with E-state index >= 15 is 0 Å². The Morgan fingerprint density at radius 3 is 2.58 bits per heavy atom. The summed E-state index contributed by atoms with van der Waals surface area (Å²) in [4.78, 5) is 29.8. The van der Waals surface area contributed by atoms with E-state index in [1.54, 1.807) is 20.0 Å². The second-order valence-electron chi connectivity index (χ2n) is 10.8. The van der Waals surface area contributed by atoms with Crippen LogP contribution in [0, 0.1) is 0 Å². The first-order chi connectivity index (χ1) is 18.1. The number of nitrogens with two attached hydrogens (primary N) is 1. The van der Waals surface area contributed by atoms with Gasteiger partial charge >= 0.3 is 0 Å². The Labute approximate surface area is 225 Å². The maximum Gasteiger partial charge on any atom is 0.264 e. The van der Waals surface area contributed by atoms with Crippen LogP contribution < -0.4 is 20.5 Å². The van der Waals surface area contributed by atoms with Gasteiger partial charge in [-0.2, -0.15) is 5.10 Å². The number of primary amides is 1. The second kappa shape index (κ2) is 10.5. The summed E-state index contributed by atoms with van der Waals surface area (Å²) in [5.41, 5.74) is 6.77. The van der Waals surface area contributed by atoms with Crippen LogP contribution in [0.15, 0.2) is 18.3 Å². The highest BCUT2D eigenvalue weighted by Crippen LogP contribution is 2.44. The van der Waals surface area contributed by atoms with Gasteiger partial charge in [0.2, 0.25) is 5.88 Å². The third kappa shape index (κ3) is 5.78. The van der Waals surface area contributed by atoms with Gasteiger partial charge in [-0.3, -0.25) is 9.59 Å². The average Bonchev–Trinajstić information content (AvgIpc) is 3.47. The third-order valence-corrected chi connectivity index (χ3v) is 8.12. The molecule has 204 valence electrons. The Hall–Kier alpha value is -3.18. The maximum atomic E-state index is 13.2. The molecule has 38 heavy (non-hydrogen) atoms. The quantitative estimate of drug-likeness (QED) is 0.356. The van der Waals surface area contributed by atoms with E-state index in [2.05, 4.69) is 15.4 Å². The molecule has 2 fully saturated rings. The van der Waals surface area contributed by atoms with Gasteiger partial charge in [-0.15, -0.1) is 11.3 Å². The zero-order valence-electron chi connectivity index (χ0n) is 22.0. The van der Waals surface area contributed by atoms with Crippen LogP contribution in [0.5, 0.6) is 11.6 Å². The van der Waals surface area contributed by atoms with Crippen LogP contribution in [0.3, 0.4) is 0 Å². The minimum Gasteiger partial charge on any atom is -0.489 e. The van der Waals surface area contributed by atoms with E-state index in [0.29, 0.717) is 34.4 Å². The highest BCUT2D eigenvalue weighted by molar-refractivity contribution is 7.14. The minimum absolute atomic E-state index is 0.0202. The van der Waals surface area contributed by atoms with E-state index in [1.807, 2.05) is 23.6 Å². The molecule has 11 heteroatoms. The number of hydrogen-bond acceptors (Lipinski definition) is 8. The Bertz CT molecular complexity index is 1330. The van der Waals surface area contributed by atoms with Crippen molar-refractivity contribution >= 4 is 28.7 Å². The lowest BCUT2D eigenvalue weighted by molar-refractivity contribution is 0.0279. The molecule has 10 nitrogen and oxygen atoms in total. The molecule has 3 aromatic rings. The number of fused-ring (bicyclic) bond motifs is 1. The fourth-order valence-electron chi connectivity index (χ4n) is 4.82. The summed E-state index contributed by atoms with van der Waals surface area (Å²) >= 11 is 1.28. The number of hydrogen-bond donors (Lipinski definition) is 3. The number of ether oxygens (including phenoxy) is 2. The molecule has 2 amide bonds. The molecular weight excluding hydrogens is 506 g/mol. The number of carbonyl (C=O) groups excluding carboxylic acids is 2. The van der Waals surface area contributed by atoms with E-state index in [1.165, 1.54) is 11.3 Å². The number of amides is 2. The minimum atomic E-state index is -0.947. The molecule has 0 atom stereocenters. The number of nitrogens with zero attached hydrogens (tertiary/aromatic N) is 3. The zero-order chi connectivity index (χ0) is 27.0. The van der Waals surface area contributed by atoms with Crippen molar-refractivity contribution in [3.63, 3.8) is 0 Å². The number of nitrogens with one attached hydrogen (secondary N) is 1. The molecule has 0 aromatic carbocycles. The molecule has 0 spiro atoms. The van der Waals surface area contributed by atoms with Crippen LogP contribution in [0.1, 0.15) is 95.9 Å². The number of pyridine rings is 1. The summed E-state index contributed by atoms with van der Waals surface area (Å²) in [6, 6.07) is 3.75. The molecule has 5 rings (SSSR count). The lowest BCUT2D eigenvalue weighted by Crippen LogP contribution is -2.39. The number of rotatable bonds is 10. The third-order valence-electron chi connectivity index (χ3n) is 6.92. The molecule has 0 aliphatic heterocycles. The van der Waals surface area contributed by atoms with Gasteiger partial charge < -0.3 is 25.6 Å². The van der Waals surface area contributed by atoms with Crippen LogP contribution in [-0.4, -0.2) is 55.9 Å². The van der Waals surface area contributed by atoms with Crippen molar-refractivity contribution in [2.45, 2.75) is 89.4 Å². The van der Waals surface area contributed by atoms with Crippen molar-refractivity contribution in [1.29, 1.82) is 0 Å². The number of thiazole rings is 1. The van der Waals surface area contributed by atoms with Gasteiger partial charge in [0.1, 0.15) is 18.5 Å². The fourth-order valence-corrected chi connectivity index (χ4v) is 5.61. The molecule has 3 heterocycles. The highest BCUT2D eigenvalue weighted by atomic mass is 32.1. The smallest absolute Gasteiger partial charge is 0.264 e. The molecule has 2 aliphatic carbocycles. The van der Waals surface area contributed by atoms with E-state index in [4.69, 9.17) is 15.2 Å². The van der Waals surface area contributed by atoms with Gasteiger partial charge in [-0.05, 0) is 70.9 Å². The van der Waals surface area contributed by atoms with Crippen LogP contribution in [0.4, 0.5) is 0 Å². The van der Waals surface area contributed by atoms with Crippen LogP contribution in [0.2, 0.25) is 0 Å². The van der Waals surface area contributed by atoms with Crippen molar-refractivity contribution in [3.05, 3.63) is 39.5 Å². The number of aromatic nitrogens is 3. The normalized spacial score (nSPS) is 19.9. The first kappa shape index (κ1) is 26.4. The van der Waals surface area contributed by atoms with E-state index in [9.17, 15) is 14.7 Å². The molecule has 0 saturated heterocycles. The summed E-state index contributed by atoms with van der Waals surface area (Å²) in [6.45, 7) is 5.56. The Balaban J connectivity index is 1.23.